The third-order valence-corrected chi connectivity index (χ3v) is 3.07. The van der Waals surface area contributed by atoms with Gasteiger partial charge in [-0.1, -0.05) is 0 Å². The van der Waals surface area contributed by atoms with Crippen LogP contribution in [0.2, 0.25) is 0 Å². The van der Waals surface area contributed by atoms with E-state index in [0.717, 1.165) is 0 Å². The minimum atomic E-state index is -0.435. The minimum Gasteiger partial charge on any atom is -0.508 e. The van der Waals surface area contributed by atoms with Crippen LogP contribution in [0, 0.1) is 0 Å². The summed E-state index contributed by atoms with van der Waals surface area (Å²) in [4.78, 5) is 12.1. The molecule has 0 saturated heterocycles. The second kappa shape index (κ2) is 4.70. The van der Waals surface area contributed by atoms with Crippen LogP contribution in [0.1, 0.15) is 15.9 Å². The highest BCUT2D eigenvalue weighted by Gasteiger charge is 2.16. The van der Waals surface area contributed by atoms with Gasteiger partial charge >= 0.3 is 0 Å². The van der Waals surface area contributed by atoms with Crippen molar-refractivity contribution in [1.82, 2.24) is 0 Å². The van der Waals surface area contributed by atoms with Gasteiger partial charge in [0.15, 0.2) is 5.78 Å². The van der Waals surface area contributed by atoms with Gasteiger partial charge in [-0.15, -0.1) is 0 Å². The topological polar surface area (TPSA) is 77.8 Å². The summed E-state index contributed by atoms with van der Waals surface area (Å²) < 4.78 is 0.308. The normalized spacial score (nSPS) is 10.3. The second-order valence-corrected chi connectivity index (χ2v) is 4.55. The molecule has 0 unspecified atom stereocenters. The fourth-order valence-corrected chi connectivity index (χ4v) is 1.83. The lowest BCUT2D eigenvalue weighted by atomic mass is 10.0. The Morgan fingerprint density at radius 2 is 1.56 bits per heavy atom. The number of benzene rings is 2. The van der Waals surface area contributed by atoms with E-state index >= 15 is 0 Å². The van der Waals surface area contributed by atoms with Gasteiger partial charge in [0.25, 0.3) is 0 Å². The highest BCUT2D eigenvalue weighted by Crippen LogP contribution is 2.32. The van der Waals surface area contributed by atoms with Gasteiger partial charge in [0.05, 0.1) is 10.0 Å². The average Bonchev–Trinajstić information content (AvgIpc) is 2.34. The van der Waals surface area contributed by atoms with Gasteiger partial charge in [0.1, 0.15) is 17.2 Å². The highest BCUT2D eigenvalue weighted by molar-refractivity contribution is 9.10. The van der Waals surface area contributed by atoms with Crippen molar-refractivity contribution in [2.24, 2.45) is 0 Å². The summed E-state index contributed by atoms with van der Waals surface area (Å²) in [6.45, 7) is 0. The smallest absolute Gasteiger partial charge is 0.196 e. The molecule has 5 heteroatoms. The molecule has 0 aromatic heterocycles. The van der Waals surface area contributed by atoms with E-state index in [0.29, 0.717) is 10.0 Å². The maximum Gasteiger partial charge on any atom is 0.196 e. The van der Waals surface area contributed by atoms with E-state index in [1.54, 1.807) is 0 Å². The molecule has 0 aliphatic rings. The van der Waals surface area contributed by atoms with E-state index < -0.39 is 5.78 Å². The Kier molecular flexibility index (Phi) is 3.25. The molecule has 0 aliphatic carbocycles. The van der Waals surface area contributed by atoms with Crippen molar-refractivity contribution in [2.45, 2.75) is 0 Å². The van der Waals surface area contributed by atoms with Crippen LogP contribution >= 0.6 is 15.9 Å². The van der Waals surface area contributed by atoms with Crippen molar-refractivity contribution < 1.29 is 20.1 Å². The Morgan fingerprint density at radius 1 is 0.944 bits per heavy atom. The molecule has 92 valence electrons. The molecular weight excluding hydrogens is 300 g/mol. The molecule has 18 heavy (non-hydrogen) atoms. The number of halogens is 1. The molecule has 0 aliphatic heterocycles. The Labute approximate surface area is 111 Å². The highest BCUT2D eigenvalue weighted by atomic mass is 79.9. The van der Waals surface area contributed by atoms with E-state index in [4.69, 9.17) is 5.11 Å². The molecule has 4 nitrogen and oxygen atoms in total. The predicted octanol–water partition coefficient (Wildman–Crippen LogP) is 2.80. The van der Waals surface area contributed by atoms with Gasteiger partial charge in [0.2, 0.25) is 0 Å². The summed E-state index contributed by atoms with van der Waals surface area (Å²) in [5.41, 5.74) is 0.311. The number of phenols is 3. The molecule has 0 amide bonds. The maximum absolute atomic E-state index is 12.1. The van der Waals surface area contributed by atoms with E-state index in [-0.39, 0.29) is 22.8 Å². The standard InChI is InChI=1S/C13H9BrO4/c14-10-6-11(16)9(5-12(10)17)13(18)7-1-3-8(15)4-2-7/h1-6,15-17H. The quantitative estimate of drug-likeness (QED) is 0.589. The van der Waals surface area contributed by atoms with Gasteiger partial charge in [-0.25, -0.2) is 0 Å². The van der Waals surface area contributed by atoms with Crippen molar-refractivity contribution >= 4 is 21.7 Å². The number of ketones is 1. The molecule has 2 aromatic carbocycles. The molecule has 0 heterocycles. The maximum atomic E-state index is 12.1. The molecule has 0 radical (unpaired) electrons. The largest absolute Gasteiger partial charge is 0.508 e. The van der Waals surface area contributed by atoms with Crippen LogP contribution in [0.15, 0.2) is 40.9 Å². The van der Waals surface area contributed by atoms with E-state index in [1.165, 1.54) is 36.4 Å². The SMILES string of the molecule is O=C(c1ccc(O)cc1)c1cc(O)c(Br)cc1O. The summed E-state index contributed by atoms with van der Waals surface area (Å²) in [5.74, 6) is -0.739. The van der Waals surface area contributed by atoms with Crippen LogP contribution in [0.25, 0.3) is 0 Å². The third kappa shape index (κ3) is 2.31. The number of rotatable bonds is 2. The van der Waals surface area contributed by atoms with Gasteiger partial charge in [-0.05, 0) is 52.3 Å². The molecule has 0 spiro atoms. The molecule has 0 fully saturated rings. The van der Waals surface area contributed by atoms with Crippen LogP contribution in [0.4, 0.5) is 0 Å². The van der Waals surface area contributed by atoms with Crippen LogP contribution in [-0.4, -0.2) is 21.1 Å². The molecule has 0 saturated carbocycles. The lowest BCUT2D eigenvalue weighted by molar-refractivity contribution is 0.103. The summed E-state index contributed by atoms with van der Waals surface area (Å²) in [6.07, 6.45) is 0. The van der Waals surface area contributed by atoms with Crippen molar-refractivity contribution in [3.8, 4) is 17.2 Å². The van der Waals surface area contributed by atoms with Crippen molar-refractivity contribution in [3.05, 3.63) is 52.0 Å². The molecule has 3 N–H and O–H groups in total. The lowest BCUT2D eigenvalue weighted by Crippen LogP contribution is -2.01. The number of hydrogen-bond acceptors (Lipinski definition) is 4. The summed E-state index contributed by atoms with van der Waals surface area (Å²) >= 11 is 3.04. The number of hydrogen-bond donors (Lipinski definition) is 3. The zero-order chi connectivity index (χ0) is 13.3. The summed E-state index contributed by atoms with van der Waals surface area (Å²) in [6, 6.07) is 8.08. The van der Waals surface area contributed by atoms with E-state index in [2.05, 4.69) is 15.9 Å². The fraction of sp³-hybridized carbons (Fsp3) is 0. The van der Waals surface area contributed by atoms with Crippen molar-refractivity contribution in [1.29, 1.82) is 0 Å². The Balaban J connectivity index is 2.46. The molecule has 0 bridgehead atoms. The number of phenolic OH excluding ortho intramolecular Hbond substituents is 3. The Bertz CT molecular complexity index is 605. The molecule has 0 atom stereocenters. The first-order valence-electron chi connectivity index (χ1n) is 5.04. The van der Waals surface area contributed by atoms with E-state index in [9.17, 15) is 15.0 Å². The van der Waals surface area contributed by atoms with Gasteiger partial charge < -0.3 is 15.3 Å². The van der Waals surface area contributed by atoms with Crippen LogP contribution < -0.4 is 0 Å². The van der Waals surface area contributed by atoms with Crippen LogP contribution in [0.3, 0.4) is 0 Å². The monoisotopic (exact) mass is 308 g/mol. The second-order valence-electron chi connectivity index (χ2n) is 3.70. The zero-order valence-corrected chi connectivity index (χ0v) is 10.7. The van der Waals surface area contributed by atoms with E-state index in [1.807, 2.05) is 0 Å². The Morgan fingerprint density at radius 3 is 2.17 bits per heavy atom. The van der Waals surface area contributed by atoms with Crippen LogP contribution in [0.5, 0.6) is 17.2 Å². The lowest BCUT2D eigenvalue weighted by Gasteiger charge is -2.06. The Hall–Kier alpha value is -2.01. The molecular formula is C13H9BrO4. The van der Waals surface area contributed by atoms with Gasteiger partial charge in [0, 0.05) is 5.56 Å². The number of carbonyl (C=O) groups excluding carboxylic acids is 1. The minimum absolute atomic E-state index is 0.00129. The fourth-order valence-electron chi connectivity index (χ4n) is 1.50. The first-order chi connectivity index (χ1) is 8.49. The molecule has 2 rings (SSSR count). The zero-order valence-electron chi connectivity index (χ0n) is 9.09. The molecule has 2 aromatic rings. The average molecular weight is 309 g/mol. The first-order valence-corrected chi connectivity index (χ1v) is 5.83. The summed E-state index contributed by atoms with van der Waals surface area (Å²) in [5, 5.41) is 28.3. The predicted molar refractivity (Wildman–Crippen MR) is 69.0 cm³/mol. The number of aromatic hydroxyl groups is 3. The third-order valence-electron chi connectivity index (χ3n) is 2.44. The first kappa shape index (κ1) is 12.4. The summed E-state index contributed by atoms with van der Waals surface area (Å²) in [7, 11) is 0. The van der Waals surface area contributed by atoms with Crippen molar-refractivity contribution in [3.63, 3.8) is 0 Å². The number of carbonyl (C=O) groups is 1. The van der Waals surface area contributed by atoms with Crippen LogP contribution in [-0.2, 0) is 0 Å². The van der Waals surface area contributed by atoms with Gasteiger partial charge in [-0.3, -0.25) is 4.79 Å². The van der Waals surface area contributed by atoms with Gasteiger partial charge in [-0.2, -0.15) is 0 Å². The van der Waals surface area contributed by atoms with Crippen molar-refractivity contribution in [2.75, 3.05) is 0 Å².